The van der Waals surface area contributed by atoms with Crippen molar-refractivity contribution in [3.63, 3.8) is 0 Å². The van der Waals surface area contributed by atoms with E-state index < -0.39 is 28.7 Å². The summed E-state index contributed by atoms with van der Waals surface area (Å²) in [5.41, 5.74) is 0.921. The summed E-state index contributed by atoms with van der Waals surface area (Å²) >= 11 is 5.95. The van der Waals surface area contributed by atoms with Gasteiger partial charge in [0.25, 0.3) is 17.5 Å². The molecule has 1 unspecified atom stereocenters. The van der Waals surface area contributed by atoms with Gasteiger partial charge in [0.05, 0.1) is 31.3 Å². The standard InChI is InChI=1S/C27H24ClN3O7/c1-37-23-11-6-17(14-24(23)38-2)12-13-29(26(33)18-4-3-5-21(15-18)31(35)36)22-16-25(32)30(27(22)34)20-9-7-19(28)8-10-20/h3-11,14-15,22H,12-13,16H2,1-2H3. The average molecular weight is 538 g/mol. The van der Waals surface area contributed by atoms with Crippen LogP contribution in [0.25, 0.3) is 0 Å². The fraction of sp³-hybridized carbons (Fsp3) is 0.222. The zero-order chi connectivity index (χ0) is 27.4. The number of amides is 3. The Kier molecular flexibility index (Phi) is 7.92. The van der Waals surface area contributed by atoms with Crippen molar-refractivity contribution in [2.75, 3.05) is 25.7 Å². The number of methoxy groups -OCH3 is 2. The molecule has 0 bridgehead atoms. The van der Waals surface area contributed by atoms with Gasteiger partial charge in [0.1, 0.15) is 6.04 Å². The van der Waals surface area contributed by atoms with Gasteiger partial charge in [-0.15, -0.1) is 0 Å². The third kappa shape index (κ3) is 5.45. The molecule has 11 heteroatoms. The van der Waals surface area contributed by atoms with Crippen LogP contribution >= 0.6 is 11.6 Å². The summed E-state index contributed by atoms with van der Waals surface area (Å²) < 4.78 is 10.6. The van der Waals surface area contributed by atoms with Crippen LogP contribution in [0.3, 0.4) is 0 Å². The van der Waals surface area contributed by atoms with Crippen LogP contribution in [0.5, 0.6) is 11.5 Å². The minimum Gasteiger partial charge on any atom is -0.493 e. The molecule has 38 heavy (non-hydrogen) atoms. The van der Waals surface area contributed by atoms with Gasteiger partial charge in [-0.1, -0.05) is 23.7 Å². The Morgan fingerprint density at radius 1 is 1.05 bits per heavy atom. The summed E-state index contributed by atoms with van der Waals surface area (Å²) in [5.74, 6) is -0.592. The maximum atomic E-state index is 13.7. The molecule has 0 aliphatic carbocycles. The fourth-order valence-electron chi connectivity index (χ4n) is 4.32. The molecule has 1 fully saturated rings. The molecule has 3 amide bonds. The Hall–Kier alpha value is -4.44. The number of nitro benzene ring substituents is 1. The molecule has 1 atom stereocenters. The minimum absolute atomic E-state index is 0.0386. The average Bonchev–Trinajstić information content (AvgIpc) is 3.22. The minimum atomic E-state index is -1.09. The van der Waals surface area contributed by atoms with E-state index in [0.29, 0.717) is 28.6 Å². The molecule has 196 valence electrons. The lowest BCUT2D eigenvalue weighted by Crippen LogP contribution is -2.46. The van der Waals surface area contributed by atoms with E-state index in [0.717, 1.165) is 16.5 Å². The van der Waals surface area contributed by atoms with Gasteiger partial charge in [0.15, 0.2) is 11.5 Å². The summed E-state index contributed by atoms with van der Waals surface area (Å²) in [6.07, 6.45) is 0.0913. The number of hydrogen-bond acceptors (Lipinski definition) is 7. The van der Waals surface area contributed by atoms with Gasteiger partial charge in [0, 0.05) is 29.3 Å². The Morgan fingerprint density at radius 3 is 2.42 bits per heavy atom. The van der Waals surface area contributed by atoms with E-state index in [9.17, 15) is 24.5 Å². The SMILES string of the molecule is COc1ccc(CCN(C(=O)c2cccc([N+](=O)[O-])c2)C2CC(=O)N(c3ccc(Cl)cc3)C2=O)cc1OC. The Labute approximate surface area is 223 Å². The summed E-state index contributed by atoms with van der Waals surface area (Å²) in [6.45, 7) is 0.0646. The van der Waals surface area contributed by atoms with Gasteiger partial charge >= 0.3 is 0 Å². The lowest BCUT2D eigenvalue weighted by atomic mass is 10.1. The number of halogens is 1. The summed E-state index contributed by atoms with van der Waals surface area (Å²) in [5, 5.41) is 11.7. The van der Waals surface area contributed by atoms with Crippen molar-refractivity contribution in [2.24, 2.45) is 0 Å². The maximum Gasteiger partial charge on any atom is 0.270 e. The molecule has 1 heterocycles. The first kappa shape index (κ1) is 26.6. The molecule has 3 aromatic rings. The van der Waals surface area contributed by atoms with Crippen molar-refractivity contribution in [1.29, 1.82) is 0 Å². The first-order valence-corrected chi connectivity index (χ1v) is 12.0. The van der Waals surface area contributed by atoms with E-state index in [4.69, 9.17) is 21.1 Å². The van der Waals surface area contributed by atoms with E-state index in [1.807, 2.05) is 0 Å². The van der Waals surface area contributed by atoms with Crippen molar-refractivity contribution in [3.05, 3.63) is 93.0 Å². The van der Waals surface area contributed by atoms with Crippen LogP contribution in [-0.2, 0) is 16.0 Å². The van der Waals surface area contributed by atoms with Crippen LogP contribution in [0.2, 0.25) is 5.02 Å². The quantitative estimate of drug-likeness (QED) is 0.227. The number of carbonyl (C=O) groups is 3. The molecule has 1 aliphatic rings. The maximum absolute atomic E-state index is 13.7. The highest BCUT2D eigenvalue weighted by atomic mass is 35.5. The molecule has 0 N–H and O–H groups in total. The third-order valence-corrected chi connectivity index (χ3v) is 6.49. The molecule has 0 spiro atoms. The van der Waals surface area contributed by atoms with Crippen molar-refractivity contribution in [3.8, 4) is 11.5 Å². The highest BCUT2D eigenvalue weighted by Gasteiger charge is 2.44. The van der Waals surface area contributed by atoms with Crippen LogP contribution < -0.4 is 14.4 Å². The summed E-state index contributed by atoms with van der Waals surface area (Å²) in [6, 6.07) is 15.7. The molecule has 3 aromatic carbocycles. The smallest absolute Gasteiger partial charge is 0.270 e. The second-order valence-corrected chi connectivity index (χ2v) is 8.95. The van der Waals surface area contributed by atoms with Crippen molar-refractivity contribution in [1.82, 2.24) is 4.90 Å². The predicted molar refractivity (Wildman–Crippen MR) is 140 cm³/mol. The number of nitro groups is 1. The summed E-state index contributed by atoms with van der Waals surface area (Å²) in [7, 11) is 3.03. The number of ether oxygens (including phenoxy) is 2. The molecular weight excluding hydrogens is 514 g/mol. The topological polar surface area (TPSA) is 119 Å². The van der Waals surface area contributed by atoms with E-state index in [-0.39, 0.29) is 24.2 Å². The molecule has 4 rings (SSSR count). The largest absolute Gasteiger partial charge is 0.493 e. The van der Waals surface area contributed by atoms with Crippen molar-refractivity contribution in [2.45, 2.75) is 18.9 Å². The van der Waals surface area contributed by atoms with Crippen molar-refractivity contribution >= 4 is 40.7 Å². The second-order valence-electron chi connectivity index (χ2n) is 8.51. The number of non-ortho nitro benzene ring substituents is 1. The molecule has 0 radical (unpaired) electrons. The normalized spacial score (nSPS) is 14.9. The van der Waals surface area contributed by atoms with Gasteiger partial charge in [-0.25, -0.2) is 4.90 Å². The van der Waals surface area contributed by atoms with Gasteiger partial charge in [0.2, 0.25) is 5.91 Å². The highest BCUT2D eigenvalue weighted by molar-refractivity contribution is 6.31. The lowest BCUT2D eigenvalue weighted by Gasteiger charge is -2.28. The van der Waals surface area contributed by atoms with Crippen LogP contribution in [0.1, 0.15) is 22.3 Å². The zero-order valence-corrected chi connectivity index (χ0v) is 21.4. The van der Waals surface area contributed by atoms with E-state index in [1.54, 1.807) is 42.5 Å². The molecule has 1 aliphatic heterocycles. The number of anilines is 1. The lowest BCUT2D eigenvalue weighted by molar-refractivity contribution is -0.384. The molecular formula is C27H24ClN3O7. The predicted octanol–water partition coefficient (Wildman–Crippen LogP) is 4.28. The second kappa shape index (κ2) is 11.3. The van der Waals surface area contributed by atoms with E-state index in [2.05, 4.69) is 0 Å². The third-order valence-electron chi connectivity index (χ3n) is 6.24. The van der Waals surface area contributed by atoms with Crippen LogP contribution in [0.15, 0.2) is 66.7 Å². The Morgan fingerprint density at radius 2 is 1.76 bits per heavy atom. The Bertz CT molecular complexity index is 1390. The van der Waals surface area contributed by atoms with E-state index in [1.165, 1.54) is 37.3 Å². The molecule has 1 saturated heterocycles. The van der Waals surface area contributed by atoms with Crippen LogP contribution in [0.4, 0.5) is 11.4 Å². The first-order valence-electron chi connectivity index (χ1n) is 11.6. The fourth-order valence-corrected chi connectivity index (χ4v) is 4.45. The molecule has 10 nitrogen and oxygen atoms in total. The van der Waals surface area contributed by atoms with Crippen molar-refractivity contribution < 1.29 is 28.8 Å². The number of hydrogen-bond donors (Lipinski definition) is 0. The number of carbonyl (C=O) groups excluding carboxylic acids is 3. The van der Waals surface area contributed by atoms with Gasteiger partial charge < -0.3 is 14.4 Å². The number of rotatable bonds is 9. The number of imide groups is 1. The Balaban J connectivity index is 1.66. The zero-order valence-electron chi connectivity index (χ0n) is 20.6. The number of benzene rings is 3. The summed E-state index contributed by atoms with van der Waals surface area (Å²) in [4.78, 5) is 53.1. The first-order chi connectivity index (χ1) is 18.2. The van der Waals surface area contributed by atoms with Gasteiger partial charge in [-0.2, -0.15) is 0 Å². The van der Waals surface area contributed by atoms with E-state index >= 15 is 0 Å². The van der Waals surface area contributed by atoms with Gasteiger partial charge in [-0.05, 0) is 54.4 Å². The monoisotopic (exact) mass is 537 g/mol. The molecule has 0 aromatic heterocycles. The number of nitrogens with zero attached hydrogens (tertiary/aromatic N) is 3. The van der Waals surface area contributed by atoms with Gasteiger partial charge in [-0.3, -0.25) is 24.5 Å². The van der Waals surface area contributed by atoms with Crippen LogP contribution in [-0.4, -0.2) is 54.4 Å². The molecule has 0 saturated carbocycles. The van der Waals surface area contributed by atoms with Crippen LogP contribution in [0, 0.1) is 10.1 Å². The highest BCUT2D eigenvalue weighted by Crippen LogP contribution is 2.30.